The lowest BCUT2D eigenvalue weighted by Gasteiger charge is -2.09. The van der Waals surface area contributed by atoms with E-state index in [1.165, 1.54) is 0 Å². The fraction of sp³-hybridized carbons (Fsp3) is 0.0455. The van der Waals surface area contributed by atoms with E-state index >= 15 is 0 Å². The van der Waals surface area contributed by atoms with E-state index in [0.717, 1.165) is 0 Å². The zero-order valence-corrected chi connectivity index (χ0v) is 14.9. The first kappa shape index (κ1) is 18.4. The van der Waals surface area contributed by atoms with Gasteiger partial charge in [0.1, 0.15) is 6.61 Å². The molecule has 0 N–H and O–H groups in total. The normalized spacial score (nSPS) is 10.1. The predicted molar refractivity (Wildman–Crippen MR) is 102 cm³/mol. The van der Waals surface area contributed by atoms with E-state index in [2.05, 4.69) is 0 Å². The Morgan fingerprint density at radius 1 is 0.926 bits per heavy atom. The second-order valence-corrected chi connectivity index (χ2v) is 6.21. The molecule has 0 aliphatic rings. The van der Waals surface area contributed by atoms with Gasteiger partial charge in [-0.2, -0.15) is 5.26 Å². The van der Waals surface area contributed by atoms with Crippen LogP contribution < -0.4 is 0 Å². The van der Waals surface area contributed by atoms with Gasteiger partial charge in [-0.25, -0.2) is 4.79 Å². The van der Waals surface area contributed by atoms with Crippen molar-refractivity contribution < 1.29 is 14.3 Å². The summed E-state index contributed by atoms with van der Waals surface area (Å²) in [5.41, 5.74) is 2.07. The van der Waals surface area contributed by atoms with Gasteiger partial charge in [0.25, 0.3) is 0 Å². The van der Waals surface area contributed by atoms with Crippen molar-refractivity contribution >= 4 is 23.4 Å². The highest BCUT2D eigenvalue weighted by molar-refractivity contribution is 6.30. The number of halogens is 1. The number of benzene rings is 3. The number of hydrogen-bond donors (Lipinski definition) is 0. The van der Waals surface area contributed by atoms with Gasteiger partial charge in [0.05, 0.1) is 17.2 Å². The molecular weight excluding hydrogens is 362 g/mol. The Bertz CT molecular complexity index is 1040. The molecule has 0 saturated carbocycles. The monoisotopic (exact) mass is 375 g/mol. The quantitative estimate of drug-likeness (QED) is 0.474. The summed E-state index contributed by atoms with van der Waals surface area (Å²) in [5, 5.41) is 9.46. The maximum absolute atomic E-state index is 12.8. The minimum Gasteiger partial charge on any atom is -0.457 e. The molecule has 0 radical (unpaired) electrons. The Morgan fingerprint density at radius 3 is 2.33 bits per heavy atom. The molecule has 4 nitrogen and oxygen atoms in total. The van der Waals surface area contributed by atoms with Gasteiger partial charge in [0, 0.05) is 16.1 Å². The zero-order valence-electron chi connectivity index (χ0n) is 14.2. The minimum absolute atomic E-state index is 0.0117. The van der Waals surface area contributed by atoms with Crippen LogP contribution >= 0.6 is 11.6 Å². The number of ether oxygens (including phenoxy) is 1. The maximum atomic E-state index is 12.8. The smallest absolute Gasteiger partial charge is 0.339 e. The largest absolute Gasteiger partial charge is 0.457 e. The van der Waals surface area contributed by atoms with E-state index in [9.17, 15) is 9.59 Å². The van der Waals surface area contributed by atoms with Crippen LogP contribution in [-0.2, 0) is 11.3 Å². The number of carbonyl (C=O) groups is 2. The number of nitriles is 1. The van der Waals surface area contributed by atoms with Gasteiger partial charge in [-0.15, -0.1) is 0 Å². The number of carbonyl (C=O) groups excluding carboxylic acids is 2. The molecule has 3 aromatic rings. The van der Waals surface area contributed by atoms with Gasteiger partial charge in [0.15, 0.2) is 5.78 Å². The third kappa shape index (κ3) is 4.41. The van der Waals surface area contributed by atoms with E-state index in [-0.39, 0.29) is 23.5 Å². The van der Waals surface area contributed by atoms with Crippen LogP contribution in [0.15, 0.2) is 72.8 Å². The molecule has 0 atom stereocenters. The average Bonchev–Trinajstić information content (AvgIpc) is 2.72. The fourth-order valence-electron chi connectivity index (χ4n) is 2.57. The highest BCUT2D eigenvalue weighted by Gasteiger charge is 2.19. The molecule has 132 valence electrons. The summed E-state index contributed by atoms with van der Waals surface area (Å²) in [5.74, 6) is -0.888. The van der Waals surface area contributed by atoms with Gasteiger partial charge >= 0.3 is 5.97 Å². The van der Waals surface area contributed by atoms with Crippen LogP contribution in [0.25, 0.3) is 0 Å². The molecule has 27 heavy (non-hydrogen) atoms. The molecular formula is C22H14ClNO3. The number of rotatable bonds is 5. The predicted octanol–water partition coefficient (Wildman–Crippen LogP) is 4.80. The lowest BCUT2D eigenvalue weighted by molar-refractivity contribution is 0.0470. The topological polar surface area (TPSA) is 67.2 Å². The Balaban J connectivity index is 1.80. The van der Waals surface area contributed by atoms with Crippen molar-refractivity contribution in [2.75, 3.05) is 0 Å². The van der Waals surface area contributed by atoms with Gasteiger partial charge in [-0.05, 0) is 48.0 Å². The second-order valence-electron chi connectivity index (χ2n) is 5.77. The summed E-state index contributed by atoms with van der Waals surface area (Å²) in [7, 11) is 0. The van der Waals surface area contributed by atoms with Crippen molar-refractivity contribution in [3.8, 4) is 6.07 Å². The van der Waals surface area contributed by atoms with E-state index in [1.807, 2.05) is 6.07 Å². The lowest BCUT2D eigenvalue weighted by Crippen LogP contribution is -2.12. The van der Waals surface area contributed by atoms with Crippen molar-refractivity contribution in [2.24, 2.45) is 0 Å². The molecule has 5 heteroatoms. The van der Waals surface area contributed by atoms with Crippen LogP contribution in [0.3, 0.4) is 0 Å². The number of ketones is 1. The number of hydrogen-bond acceptors (Lipinski definition) is 4. The highest BCUT2D eigenvalue weighted by Crippen LogP contribution is 2.18. The van der Waals surface area contributed by atoms with Crippen LogP contribution in [0.1, 0.15) is 37.4 Å². The summed E-state index contributed by atoms with van der Waals surface area (Å²) in [6.45, 7) is 0.0117. The second kappa shape index (κ2) is 8.31. The molecule has 0 aliphatic carbocycles. The minimum atomic E-state index is -0.602. The molecule has 0 heterocycles. The molecule has 0 unspecified atom stereocenters. The van der Waals surface area contributed by atoms with Crippen molar-refractivity contribution in [3.05, 3.63) is 106 Å². The van der Waals surface area contributed by atoms with E-state index in [4.69, 9.17) is 21.6 Å². The highest BCUT2D eigenvalue weighted by atomic mass is 35.5. The van der Waals surface area contributed by atoms with Gasteiger partial charge in [-0.1, -0.05) is 41.9 Å². The summed E-state index contributed by atoms with van der Waals surface area (Å²) in [4.78, 5) is 25.3. The van der Waals surface area contributed by atoms with Crippen LogP contribution in [0.4, 0.5) is 0 Å². The third-order valence-corrected chi connectivity index (χ3v) is 4.18. The average molecular weight is 376 g/mol. The van der Waals surface area contributed by atoms with Gasteiger partial charge in [-0.3, -0.25) is 4.79 Å². The van der Waals surface area contributed by atoms with Crippen LogP contribution in [0, 0.1) is 11.3 Å². The Kier molecular flexibility index (Phi) is 5.65. The molecule has 3 rings (SSSR count). The standard InChI is InChI=1S/C22H14ClNO3/c23-18-10-8-17(9-11-18)21(25)19-6-1-2-7-20(19)22(26)27-14-16-5-3-4-15(12-16)13-24/h1-12H,14H2. The first-order valence-corrected chi connectivity index (χ1v) is 8.52. The Labute approximate surface area is 161 Å². The first-order chi connectivity index (χ1) is 13.1. The maximum Gasteiger partial charge on any atom is 0.339 e. The number of nitrogens with zero attached hydrogens (tertiary/aromatic N) is 1. The van der Waals surface area contributed by atoms with E-state index in [1.54, 1.807) is 72.8 Å². The summed E-state index contributed by atoms with van der Waals surface area (Å²) in [6, 6.07) is 21.8. The van der Waals surface area contributed by atoms with Crippen molar-refractivity contribution in [1.29, 1.82) is 5.26 Å². The third-order valence-electron chi connectivity index (χ3n) is 3.92. The summed E-state index contributed by atoms with van der Waals surface area (Å²) < 4.78 is 5.34. The van der Waals surface area contributed by atoms with Crippen LogP contribution in [-0.4, -0.2) is 11.8 Å². The van der Waals surface area contributed by atoms with Gasteiger partial charge < -0.3 is 4.74 Å². The fourth-order valence-corrected chi connectivity index (χ4v) is 2.70. The Hall–Kier alpha value is -3.42. The zero-order chi connectivity index (χ0) is 19.2. The molecule has 0 aliphatic heterocycles. The Morgan fingerprint density at radius 2 is 1.63 bits per heavy atom. The van der Waals surface area contributed by atoms with Crippen LogP contribution in [0.2, 0.25) is 5.02 Å². The molecule has 3 aromatic carbocycles. The first-order valence-electron chi connectivity index (χ1n) is 8.14. The van der Waals surface area contributed by atoms with Crippen molar-refractivity contribution in [2.45, 2.75) is 6.61 Å². The molecule has 0 spiro atoms. The molecule has 0 fully saturated rings. The molecule has 0 aromatic heterocycles. The SMILES string of the molecule is N#Cc1cccc(COC(=O)c2ccccc2C(=O)c2ccc(Cl)cc2)c1. The summed E-state index contributed by atoms with van der Waals surface area (Å²) >= 11 is 5.86. The summed E-state index contributed by atoms with van der Waals surface area (Å²) in [6.07, 6.45) is 0. The van der Waals surface area contributed by atoms with E-state index in [0.29, 0.717) is 21.7 Å². The van der Waals surface area contributed by atoms with Crippen molar-refractivity contribution in [1.82, 2.24) is 0 Å². The lowest BCUT2D eigenvalue weighted by atomic mass is 9.98. The molecule has 0 amide bonds. The van der Waals surface area contributed by atoms with E-state index < -0.39 is 5.97 Å². The van der Waals surface area contributed by atoms with Crippen LogP contribution in [0.5, 0.6) is 0 Å². The number of esters is 1. The van der Waals surface area contributed by atoms with Gasteiger partial charge in [0.2, 0.25) is 0 Å². The molecule has 0 bridgehead atoms. The molecule has 0 saturated heterocycles. The van der Waals surface area contributed by atoms with Crippen molar-refractivity contribution in [3.63, 3.8) is 0 Å².